The van der Waals surface area contributed by atoms with Gasteiger partial charge in [0.05, 0.1) is 5.75 Å². The molecule has 0 fully saturated rings. The number of rotatable bonds is 5. The van der Waals surface area contributed by atoms with Crippen LogP contribution in [0.2, 0.25) is 0 Å². The van der Waals surface area contributed by atoms with Gasteiger partial charge in [-0.2, -0.15) is 13.2 Å². The molecule has 3 amide bonds. The molecule has 0 unspecified atom stereocenters. The second kappa shape index (κ2) is 7.47. The Kier molecular flexibility index (Phi) is 6.21. The molecule has 0 radical (unpaired) electrons. The van der Waals surface area contributed by atoms with E-state index in [2.05, 4.69) is 20.8 Å². The third kappa shape index (κ3) is 5.20. The van der Waals surface area contributed by atoms with Crippen LogP contribution in [0.1, 0.15) is 26.1 Å². The minimum atomic E-state index is -4.61. The number of urea groups is 1. The van der Waals surface area contributed by atoms with Crippen LogP contribution in [0.4, 0.5) is 18.0 Å². The van der Waals surface area contributed by atoms with Gasteiger partial charge >= 0.3 is 12.2 Å². The Morgan fingerprint density at radius 1 is 1.36 bits per heavy atom. The van der Waals surface area contributed by atoms with Crippen LogP contribution in [-0.2, 0) is 18.0 Å². The van der Waals surface area contributed by atoms with Crippen molar-refractivity contribution < 1.29 is 22.8 Å². The summed E-state index contributed by atoms with van der Waals surface area (Å²) in [5.74, 6) is -2.04. The molecule has 7 nitrogen and oxygen atoms in total. The number of nitrogens with zero attached hydrogens (tertiary/aromatic N) is 3. The highest BCUT2D eigenvalue weighted by Gasteiger charge is 2.37. The van der Waals surface area contributed by atoms with Crippen molar-refractivity contribution in [3.63, 3.8) is 0 Å². The minimum Gasteiger partial charge on any atom is -0.335 e. The molecule has 1 atom stereocenters. The molecule has 11 heteroatoms. The Morgan fingerprint density at radius 3 is 2.50 bits per heavy atom. The monoisotopic (exact) mass is 339 g/mol. The number of nitrogens with one attached hydrogen (secondary N) is 2. The van der Waals surface area contributed by atoms with Gasteiger partial charge in [-0.3, -0.25) is 10.1 Å². The zero-order valence-corrected chi connectivity index (χ0v) is 13.0. The van der Waals surface area contributed by atoms with Crippen LogP contribution >= 0.6 is 11.8 Å². The highest BCUT2D eigenvalue weighted by Crippen LogP contribution is 2.29. The van der Waals surface area contributed by atoms with Crippen LogP contribution in [0.25, 0.3) is 0 Å². The van der Waals surface area contributed by atoms with Gasteiger partial charge in [-0.1, -0.05) is 18.7 Å². The Morgan fingerprint density at radius 2 is 2.00 bits per heavy atom. The predicted octanol–water partition coefficient (Wildman–Crippen LogP) is 1.55. The van der Waals surface area contributed by atoms with Crippen molar-refractivity contribution in [1.82, 2.24) is 25.4 Å². The molecule has 0 aliphatic rings. The SMILES string of the molecule is CC[C@@H](C)NC(=O)NC(=O)CSc1nnc(C(F)(F)F)n1C. The number of aromatic nitrogens is 3. The van der Waals surface area contributed by atoms with Gasteiger partial charge in [0.15, 0.2) is 5.16 Å². The number of hydrogen-bond donors (Lipinski definition) is 2. The largest absolute Gasteiger partial charge is 0.451 e. The molecule has 0 aliphatic carbocycles. The van der Waals surface area contributed by atoms with Crippen LogP contribution in [-0.4, -0.2) is 38.5 Å². The van der Waals surface area contributed by atoms with Crippen molar-refractivity contribution in [3.05, 3.63) is 5.82 Å². The molecule has 0 aromatic carbocycles. The molecule has 0 spiro atoms. The molecular formula is C11H16F3N5O2S. The molecule has 1 aromatic rings. The number of thioether (sulfide) groups is 1. The third-order valence-electron chi connectivity index (χ3n) is 2.66. The lowest BCUT2D eigenvalue weighted by Gasteiger charge is -2.11. The van der Waals surface area contributed by atoms with Gasteiger partial charge in [-0.05, 0) is 13.3 Å². The Labute approximate surface area is 129 Å². The fourth-order valence-corrected chi connectivity index (χ4v) is 2.05. The summed E-state index contributed by atoms with van der Waals surface area (Å²) < 4.78 is 38.3. The topological polar surface area (TPSA) is 88.9 Å². The first-order valence-electron chi connectivity index (χ1n) is 6.34. The van der Waals surface area contributed by atoms with E-state index in [0.717, 1.165) is 23.4 Å². The summed E-state index contributed by atoms with van der Waals surface area (Å²) in [6, 6.07) is -0.734. The van der Waals surface area contributed by atoms with Crippen molar-refractivity contribution in [2.24, 2.45) is 7.05 Å². The molecule has 0 saturated heterocycles. The smallest absolute Gasteiger partial charge is 0.335 e. The molecule has 124 valence electrons. The summed E-state index contributed by atoms with van der Waals surface area (Å²) in [5, 5.41) is 11.0. The molecule has 2 N–H and O–H groups in total. The van der Waals surface area contributed by atoms with E-state index in [9.17, 15) is 22.8 Å². The van der Waals surface area contributed by atoms with Crippen LogP contribution in [0.3, 0.4) is 0 Å². The van der Waals surface area contributed by atoms with E-state index in [-0.39, 0.29) is 17.0 Å². The first-order chi connectivity index (χ1) is 10.1. The zero-order chi connectivity index (χ0) is 16.9. The highest BCUT2D eigenvalue weighted by molar-refractivity contribution is 7.99. The van der Waals surface area contributed by atoms with E-state index >= 15 is 0 Å². The standard InChI is InChI=1S/C11H16F3N5O2S/c1-4-6(2)15-9(21)16-7(20)5-22-10-18-17-8(19(10)3)11(12,13)14/h6H,4-5H2,1-3H3,(H2,15,16,20,21)/t6-/m1/s1. The lowest BCUT2D eigenvalue weighted by Crippen LogP contribution is -2.43. The lowest BCUT2D eigenvalue weighted by molar-refractivity contribution is -0.147. The van der Waals surface area contributed by atoms with Crippen LogP contribution < -0.4 is 10.6 Å². The molecule has 22 heavy (non-hydrogen) atoms. The molecule has 1 aromatic heterocycles. The van der Waals surface area contributed by atoms with Crippen molar-refractivity contribution in [2.45, 2.75) is 37.6 Å². The van der Waals surface area contributed by atoms with Crippen molar-refractivity contribution >= 4 is 23.7 Å². The number of halogens is 3. The first-order valence-corrected chi connectivity index (χ1v) is 7.33. The van der Waals surface area contributed by atoms with Crippen molar-refractivity contribution in [1.29, 1.82) is 0 Å². The second-order valence-electron chi connectivity index (χ2n) is 4.48. The molecule has 1 rings (SSSR count). The average Bonchev–Trinajstić information content (AvgIpc) is 2.77. The number of hydrogen-bond acceptors (Lipinski definition) is 5. The van der Waals surface area contributed by atoms with E-state index < -0.39 is 23.9 Å². The summed E-state index contributed by atoms with van der Waals surface area (Å²) in [7, 11) is 1.15. The Hall–Kier alpha value is -1.78. The van der Waals surface area contributed by atoms with E-state index in [1.807, 2.05) is 6.92 Å². The summed E-state index contributed by atoms with van der Waals surface area (Å²) in [4.78, 5) is 22.9. The van der Waals surface area contributed by atoms with Gasteiger partial charge in [-0.25, -0.2) is 4.79 Å². The number of amides is 3. The van der Waals surface area contributed by atoms with Crippen molar-refractivity contribution in [2.75, 3.05) is 5.75 Å². The quantitative estimate of drug-likeness (QED) is 0.795. The van der Waals surface area contributed by atoms with E-state index in [0.29, 0.717) is 6.42 Å². The molecule has 0 aliphatic heterocycles. The summed E-state index contributed by atoms with van der Waals surface area (Å²) in [5.41, 5.74) is 0. The van der Waals surface area contributed by atoms with E-state index in [4.69, 9.17) is 0 Å². The zero-order valence-electron chi connectivity index (χ0n) is 12.2. The number of carbonyl (C=O) groups excluding carboxylic acids is 2. The van der Waals surface area contributed by atoms with Gasteiger partial charge in [0.2, 0.25) is 11.7 Å². The Bertz CT molecular complexity index is 546. The van der Waals surface area contributed by atoms with E-state index in [1.165, 1.54) is 0 Å². The summed E-state index contributed by atoms with van der Waals surface area (Å²) >= 11 is 0.756. The fraction of sp³-hybridized carbons (Fsp3) is 0.636. The van der Waals surface area contributed by atoms with Gasteiger partial charge in [-0.15, -0.1) is 10.2 Å². The molecular weight excluding hydrogens is 323 g/mol. The van der Waals surface area contributed by atoms with Gasteiger partial charge in [0, 0.05) is 13.1 Å². The average molecular weight is 339 g/mol. The maximum absolute atomic E-state index is 12.5. The Balaban J connectivity index is 2.52. The summed E-state index contributed by atoms with van der Waals surface area (Å²) in [6.07, 6.45) is -3.91. The third-order valence-corrected chi connectivity index (χ3v) is 3.68. The maximum Gasteiger partial charge on any atom is 0.451 e. The van der Waals surface area contributed by atoms with E-state index in [1.54, 1.807) is 6.92 Å². The first kappa shape index (κ1) is 18.3. The van der Waals surface area contributed by atoms with Gasteiger partial charge in [0.1, 0.15) is 0 Å². The highest BCUT2D eigenvalue weighted by atomic mass is 32.2. The molecule has 1 heterocycles. The maximum atomic E-state index is 12.5. The lowest BCUT2D eigenvalue weighted by atomic mass is 10.3. The number of carbonyl (C=O) groups is 2. The number of imide groups is 1. The predicted molar refractivity (Wildman–Crippen MR) is 73.2 cm³/mol. The molecule has 0 bridgehead atoms. The van der Waals surface area contributed by atoms with Crippen LogP contribution in [0.15, 0.2) is 5.16 Å². The summed E-state index contributed by atoms with van der Waals surface area (Å²) in [6.45, 7) is 3.64. The minimum absolute atomic E-state index is 0.0650. The van der Waals surface area contributed by atoms with Gasteiger partial charge < -0.3 is 9.88 Å². The van der Waals surface area contributed by atoms with Crippen LogP contribution in [0, 0.1) is 0 Å². The number of alkyl halides is 3. The fourth-order valence-electron chi connectivity index (χ4n) is 1.34. The second-order valence-corrected chi connectivity index (χ2v) is 5.43. The molecule has 0 saturated carbocycles. The van der Waals surface area contributed by atoms with Crippen LogP contribution in [0.5, 0.6) is 0 Å². The normalized spacial score (nSPS) is 12.8. The van der Waals surface area contributed by atoms with Crippen molar-refractivity contribution in [3.8, 4) is 0 Å². The van der Waals surface area contributed by atoms with Gasteiger partial charge in [0.25, 0.3) is 0 Å².